The summed E-state index contributed by atoms with van der Waals surface area (Å²) in [5.74, 6) is -0.154. The molecule has 94 valence electrons. The van der Waals surface area contributed by atoms with Crippen molar-refractivity contribution in [1.82, 2.24) is 4.98 Å². The van der Waals surface area contributed by atoms with Crippen molar-refractivity contribution in [2.45, 2.75) is 19.3 Å². The Balaban J connectivity index is 2.11. The van der Waals surface area contributed by atoms with E-state index in [-0.39, 0.29) is 23.1 Å². The largest absolute Gasteiger partial charge is 0.461 e. The van der Waals surface area contributed by atoms with Crippen molar-refractivity contribution in [3.05, 3.63) is 16.1 Å². The van der Waals surface area contributed by atoms with E-state index in [1.807, 2.05) is 0 Å². The summed E-state index contributed by atoms with van der Waals surface area (Å²) in [7, 11) is -2.91. The zero-order valence-corrected chi connectivity index (χ0v) is 11.0. The Morgan fingerprint density at radius 3 is 3.00 bits per heavy atom. The average molecular weight is 275 g/mol. The minimum Gasteiger partial charge on any atom is -0.461 e. The summed E-state index contributed by atoms with van der Waals surface area (Å²) in [5.41, 5.74) is 0.274. The molecule has 0 aromatic carbocycles. The SMILES string of the molecule is CCOC(=O)c1csc(C2CCS(=O)(=O)C2)n1. The molecule has 1 fully saturated rings. The van der Waals surface area contributed by atoms with Gasteiger partial charge in [0.25, 0.3) is 0 Å². The number of sulfone groups is 1. The van der Waals surface area contributed by atoms with Crippen LogP contribution >= 0.6 is 11.3 Å². The monoisotopic (exact) mass is 275 g/mol. The summed E-state index contributed by atoms with van der Waals surface area (Å²) in [5, 5.41) is 2.34. The van der Waals surface area contributed by atoms with Gasteiger partial charge in [-0.15, -0.1) is 11.3 Å². The van der Waals surface area contributed by atoms with E-state index in [2.05, 4.69) is 4.98 Å². The van der Waals surface area contributed by atoms with E-state index in [1.165, 1.54) is 11.3 Å². The van der Waals surface area contributed by atoms with Gasteiger partial charge in [0.15, 0.2) is 15.5 Å². The number of aromatic nitrogens is 1. The first-order valence-corrected chi connectivity index (χ1v) is 8.05. The lowest BCUT2D eigenvalue weighted by Crippen LogP contribution is -2.07. The number of carbonyl (C=O) groups excluding carboxylic acids is 1. The predicted molar refractivity (Wildman–Crippen MR) is 64.1 cm³/mol. The number of thiazole rings is 1. The molecule has 5 nitrogen and oxygen atoms in total. The van der Waals surface area contributed by atoms with Crippen LogP contribution < -0.4 is 0 Å². The smallest absolute Gasteiger partial charge is 0.357 e. The fourth-order valence-corrected chi connectivity index (χ4v) is 4.54. The molecule has 1 aliphatic rings. The fourth-order valence-electron chi connectivity index (χ4n) is 1.76. The number of hydrogen-bond donors (Lipinski definition) is 0. The average Bonchev–Trinajstić information content (AvgIpc) is 2.84. The number of rotatable bonds is 3. The van der Waals surface area contributed by atoms with Gasteiger partial charge in [-0.1, -0.05) is 0 Å². The maximum atomic E-state index is 11.4. The Hall–Kier alpha value is -0.950. The number of ether oxygens (including phenoxy) is 1. The molecule has 2 rings (SSSR count). The highest BCUT2D eigenvalue weighted by molar-refractivity contribution is 7.91. The third-order valence-electron chi connectivity index (χ3n) is 2.59. The van der Waals surface area contributed by atoms with E-state index in [0.29, 0.717) is 18.0 Å². The van der Waals surface area contributed by atoms with Crippen LogP contribution in [0.2, 0.25) is 0 Å². The van der Waals surface area contributed by atoms with Crippen LogP contribution in [0.15, 0.2) is 5.38 Å². The van der Waals surface area contributed by atoms with E-state index >= 15 is 0 Å². The van der Waals surface area contributed by atoms with Gasteiger partial charge in [0.2, 0.25) is 0 Å². The normalized spacial score (nSPS) is 22.5. The highest BCUT2D eigenvalue weighted by atomic mass is 32.2. The Kier molecular flexibility index (Phi) is 3.48. The summed E-state index contributed by atoms with van der Waals surface area (Å²) in [6.45, 7) is 2.04. The molecule has 0 N–H and O–H groups in total. The van der Waals surface area contributed by atoms with Crippen LogP contribution in [-0.2, 0) is 14.6 Å². The van der Waals surface area contributed by atoms with Crippen LogP contribution in [0.25, 0.3) is 0 Å². The lowest BCUT2D eigenvalue weighted by atomic mass is 10.1. The van der Waals surface area contributed by atoms with Gasteiger partial charge in [-0.2, -0.15) is 0 Å². The third kappa shape index (κ3) is 2.84. The second kappa shape index (κ2) is 4.73. The van der Waals surface area contributed by atoms with Crippen LogP contribution in [0.3, 0.4) is 0 Å². The predicted octanol–water partition coefficient (Wildman–Crippen LogP) is 1.22. The summed E-state index contributed by atoms with van der Waals surface area (Å²) < 4.78 is 27.5. The van der Waals surface area contributed by atoms with Crippen LogP contribution in [-0.4, -0.2) is 37.5 Å². The van der Waals surface area contributed by atoms with Gasteiger partial charge in [0, 0.05) is 11.3 Å². The minimum absolute atomic E-state index is 0.0619. The number of carbonyl (C=O) groups is 1. The maximum Gasteiger partial charge on any atom is 0.357 e. The molecule has 7 heteroatoms. The van der Waals surface area contributed by atoms with Crippen molar-refractivity contribution in [3.63, 3.8) is 0 Å². The van der Waals surface area contributed by atoms with Gasteiger partial charge in [0.1, 0.15) is 0 Å². The molecular formula is C10H13NO4S2. The van der Waals surface area contributed by atoms with E-state index in [1.54, 1.807) is 12.3 Å². The molecule has 1 aromatic rings. The molecule has 1 atom stereocenters. The zero-order valence-electron chi connectivity index (χ0n) is 9.38. The molecule has 0 saturated carbocycles. The van der Waals surface area contributed by atoms with Crippen molar-refractivity contribution in [3.8, 4) is 0 Å². The molecular weight excluding hydrogens is 262 g/mol. The van der Waals surface area contributed by atoms with Crippen LogP contribution in [0.4, 0.5) is 0 Å². The molecule has 17 heavy (non-hydrogen) atoms. The zero-order chi connectivity index (χ0) is 12.5. The van der Waals surface area contributed by atoms with E-state index in [4.69, 9.17) is 4.74 Å². The van der Waals surface area contributed by atoms with Gasteiger partial charge >= 0.3 is 5.97 Å². The second-order valence-corrected chi connectivity index (χ2v) is 7.01. The number of esters is 1. The van der Waals surface area contributed by atoms with Crippen molar-refractivity contribution < 1.29 is 17.9 Å². The molecule has 0 radical (unpaired) electrons. The first-order valence-electron chi connectivity index (χ1n) is 5.35. The van der Waals surface area contributed by atoms with Crippen molar-refractivity contribution >= 4 is 27.1 Å². The Morgan fingerprint density at radius 2 is 2.41 bits per heavy atom. The highest BCUT2D eigenvalue weighted by Crippen LogP contribution is 2.30. The first-order chi connectivity index (χ1) is 8.02. The molecule has 0 spiro atoms. The summed E-state index contributed by atoms with van der Waals surface area (Å²) in [6.07, 6.45) is 0.595. The molecule has 1 aliphatic heterocycles. The minimum atomic E-state index is -2.91. The molecule has 0 aliphatic carbocycles. The van der Waals surface area contributed by atoms with Crippen LogP contribution in [0.5, 0.6) is 0 Å². The highest BCUT2D eigenvalue weighted by Gasteiger charge is 2.31. The van der Waals surface area contributed by atoms with Gasteiger partial charge < -0.3 is 4.74 Å². The molecule has 1 unspecified atom stereocenters. The third-order valence-corrected chi connectivity index (χ3v) is 5.36. The number of hydrogen-bond acceptors (Lipinski definition) is 6. The lowest BCUT2D eigenvalue weighted by molar-refractivity contribution is 0.0520. The van der Waals surface area contributed by atoms with Crippen molar-refractivity contribution in [2.24, 2.45) is 0 Å². The summed E-state index contributed by atoms with van der Waals surface area (Å²) in [4.78, 5) is 15.6. The Bertz CT molecular complexity index is 520. The van der Waals surface area contributed by atoms with Gasteiger partial charge in [0.05, 0.1) is 23.1 Å². The molecule has 1 saturated heterocycles. The van der Waals surface area contributed by atoms with E-state index in [9.17, 15) is 13.2 Å². The molecule has 0 amide bonds. The Morgan fingerprint density at radius 1 is 1.65 bits per heavy atom. The molecule has 2 heterocycles. The van der Waals surface area contributed by atoms with Crippen molar-refractivity contribution in [1.29, 1.82) is 0 Å². The van der Waals surface area contributed by atoms with Crippen LogP contribution in [0.1, 0.15) is 34.8 Å². The summed E-state index contributed by atoms with van der Waals surface area (Å²) in [6, 6.07) is 0. The molecule has 0 bridgehead atoms. The first kappa shape index (κ1) is 12.5. The van der Waals surface area contributed by atoms with Gasteiger partial charge in [-0.05, 0) is 13.3 Å². The van der Waals surface area contributed by atoms with Gasteiger partial charge in [-0.25, -0.2) is 18.2 Å². The second-order valence-electron chi connectivity index (χ2n) is 3.89. The maximum absolute atomic E-state index is 11.4. The lowest BCUT2D eigenvalue weighted by Gasteiger charge is -2.01. The summed E-state index contributed by atoms with van der Waals surface area (Å²) >= 11 is 1.33. The standard InChI is InChI=1S/C10H13NO4S2/c1-2-15-10(12)8-5-16-9(11-8)7-3-4-17(13,14)6-7/h5,7H,2-4,6H2,1H3. The van der Waals surface area contributed by atoms with E-state index < -0.39 is 15.8 Å². The fraction of sp³-hybridized carbons (Fsp3) is 0.600. The Labute approximate surface area is 104 Å². The number of nitrogens with zero attached hydrogens (tertiary/aromatic N) is 1. The van der Waals surface area contributed by atoms with E-state index in [0.717, 1.165) is 0 Å². The quantitative estimate of drug-likeness (QED) is 0.775. The van der Waals surface area contributed by atoms with Crippen LogP contribution in [0, 0.1) is 0 Å². The van der Waals surface area contributed by atoms with Gasteiger partial charge in [-0.3, -0.25) is 0 Å². The topological polar surface area (TPSA) is 73.3 Å². The molecule has 1 aromatic heterocycles. The van der Waals surface area contributed by atoms with Crippen molar-refractivity contribution in [2.75, 3.05) is 18.1 Å².